The predicted octanol–water partition coefficient (Wildman–Crippen LogP) is 2.78. The van der Waals surface area contributed by atoms with Gasteiger partial charge in [0.1, 0.15) is 0 Å². The summed E-state index contributed by atoms with van der Waals surface area (Å²) >= 11 is 0. The molecule has 0 spiro atoms. The lowest BCUT2D eigenvalue weighted by atomic mass is 10.1. The standard InChI is InChI=1S/C18H38N2O2/c1-16(2)7-5-6-10-21-11-8-20-9-12-22-18(15-20)14-19-13-17(3)4/h16-19H,5-15H2,1-4H3/t18-/m1/s1. The molecule has 0 aromatic rings. The summed E-state index contributed by atoms with van der Waals surface area (Å²) in [5, 5.41) is 3.49. The smallest absolute Gasteiger partial charge is 0.0826 e. The Morgan fingerprint density at radius 2 is 1.95 bits per heavy atom. The third-order valence-electron chi connectivity index (χ3n) is 4.02. The maximum atomic E-state index is 5.83. The summed E-state index contributed by atoms with van der Waals surface area (Å²) in [7, 11) is 0. The van der Waals surface area contributed by atoms with Crippen LogP contribution in [0.4, 0.5) is 0 Å². The second-order valence-corrected chi connectivity index (χ2v) is 7.35. The van der Waals surface area contributed by atoms with Crippen molar-refractivity contribution in [3.05, 3.63) is 0 Å². The monoisotopic (exact) mass is 314 g/mol. The molecule has 0 saturated carbocycles. The molecular weight excluding hydrogens is 276 g/mol. The Bertz CT molecular complexity index is 259. The van der Waals surface area contributed by atoms with Gasteiger partial charge in [-0.15, -0.1) is 0 Å². The van der Waals surface area contributed by atoms with Gasteiger partial charge in [-0.3, -0.25) is 4.90 Å². The average molecular weight is 315 g/mol. The molecule has 1 N–H and O–H groups in total. The SMILES string of the molecule is CC(C)CCCCOCCN1CCO[C@H](CNCC(C)C)C1. The molecule has 1 saturated heterocycles. The minimum atomic E-state index is 0.332. The van der Waals surface area contributed by atoms with Crippen molar-refractivity contribution in [3.8, 4) is 0 Å². The maximum Gasteiger partial charge on any atom is 0.0826 e. The van der Waals surface area contributed by atoms with Gasteiger partial charge >= 0.3 is 0 Å². The van der Waals surface area contributed by atoms with Crippen LogP contribution in [0.2, 0.25) is 0 Å². The number of nitrogens with one attached hydrogen (secondary N) is 1. The zero-order chi connectivity index (χ0) is 16.2. The predicted molar refractivity (Wildman–Crippen MR) is 93.4 cm³/mol. The number of morpholine rings is 1. The molecule has 0 aliphatic carbocycles. The van der Waals surface area contributed by atoms with Crippen LogP contribution in [-0.4, -0.2) is 63.5 Å². The van der Waals surface area contributed by atoms with Gasteiger partial charge in [0, 0.05) is 32.8 Å². The average Bonchev–Trinajstić information content (AvgIpc) is 2.46. The molecule has 4 nitrogen and oxygen atoms in total. The number of hydrogen-bond donors (Lipinski definition) is 1. The van der Waals surface area contributed by atoms with Crippen LogP contribution in [0, 0.1) is 11.8 Å². The van der Waals surface area contributed by atoms with Crippen molar-refractivity contribution in [3.63, 3.8) is 0 Å². The fourth-order valence-corrected chi connectivity index (χ4v) is 2.69. The van der Waals surface area contributed by atoms with Gasteiger partial charge in [-0.1, -0.05) is 40.5 Å². The van der Waals surface area contributed by atoms with E-state index in [9.17, 15) is 0 Å². The first-order chi connectivity index (χ1) is 10.6. The molecule has 1 fully saturated rings. The molecule has 0 bridgehead atoms. The molecule has 1 heterocycles. The van der Waals surface area contributed by atoms with E-state index >= 15 is 0 Å². The largest absolute Gasteiger partial charge is 0.380 e. The highest BCUT2D eigenvalue weighted by molar-refractivity contribution is 4.73. The van der Waals surface area contributed by atoms with Crippen molar-refractivity contribution >= 4 is 0 Å². The maximum absolute atomic E-state index is 5.83. The molecule has 4 heteroatoms. The van der Waals surface area contributed by atoms with Gasteiger partial charge in [-0.05, 0) is 24.8 Å². The number of nitrogens with zero attached hydrogens (tertiary/aromatic N) is 1. The van der Waals surface area contributed by atoms with E-state index in [2.05, 4.69) is 37.9 Å². The molecule has 22 heavy (non-hydrogen) atoms. The molecule has 0 aromatic carbocycles. The van der Waals surface area contributed by atoms with E-state index in [4.69, 9.17) is 9.47 Å². The molecule has 1 atom stereocenters. The lowest BCUT2D eigenvalue weighted by Gasteiger charge is -2.33. The van der Waals surface area contributed by atoms with Gasteiger partial charge in [-0.2, -0.15) is 0 Å². The van der Waals surface area contributed by atoms with Crippen molar-refractivity contribution in [1.29, 1.82) is 0 Å². The number of hydrogen-bond acceptors (Lipinski definition) is 4. The number of ether oxygens (including phenoxy) is 2. The van der Waals surface area contributed by atoms with Crippen LogP contribution >= 0.6 is 0 Å². The Labute approximate surface area is 137 Å². The summed E-state index contributed by atoms with van der Waals surface area (Å²) < 4.78 is 11.6. The first-order valence-corrected chi connectivity index (χ1v) is 9.20. The number of rotatable bonds is 12. The highest BCUT2D eigenvalue weighted by Crippen LogP contribution is 2.07. The van der Waals surface area contributed by atoms with Crippen LogP contribution in [-0.2, 0) is 9.47 Å². The Balaban J connectivity index is 1.98. The van der Waals surface area contributed by atoms with Gasteiger partial charge in [0.25, 0.3) is 0 Å². The molecule has 1 aliphatic heterocycles. The third kappa shape index (κ3) is 10.5. The summed E-state index contributed by atoms with van der Waals surface area (Å²) in [5.74, 6) is 1.51. The van der Waals surface area contributed by atoms with Crippen LogP contribution in [0.15, 0.2) is 0 Å². The van der Waals surface area contributed by atoms with Crippen LogP contribution < -0.4 is 5.32 Å². The van der Waals surface area contributed by atoms with Crippen LogP contribution in [0.3, 0.4) is 0 Å². The molecule has 0 unspecified atom stereocenters. The molecule has 1 aliphatic rings. The van der Waals surface area contributed by atoms with Gasteiger partial charge in [0.15, 0.2) is 0 Å². The van der Waals surface area contributed by atoms with Crippen molar-refractivity contribution in [2.75, 3.05) is 52.5 Å². The molecule has 0 radical (unpaired) electrons. The Morgan fingerprint density at radius 1 is 1.14 bits per heavy atom. The highest BCUT2D eigenvalue weighted by atomic mass is 16.5. The van der Waals surface area contributed by atoms with Crippen molar-refractivity contribution in [1.82, 2.24) is 10.2 Å². The summed E-state index contributed by atoms with van der Waals surface area (Å²) in [5.41, 5.74) is 0. The summed E-state index contributed by atoms with van der Waals surface area (Å²) in [6.07, 6.45) is 4.14. The van der Waals surface area contributed by atoms with E-state index in [1.165, 1.54) is 19.3 Å². The van der Waals surface area contributed by atoms with Crippen molar-refractivity contribution < 1.29 is 9.47 Å². The Morgan fingerprint density at radius 3 is 2.68 bits per heavy atom. The molecule has 132 valence electrons. The van der Waals surface area contributed by atoms with Gasteiger partial charge in [-0.25, -0.2) is 0 Å². The second-order valence-electron chi connectivity index (χ2n) is 7.35. The van der Waals surface area contributed by atoms with E-state index < -0.39 is 0 Å². The minimum absolute atomic E-state index is 0.332. The van der Waals surface area contributed by atoms with Crippen molar-refractivity contribution in [2.24, 2.45) is 11.8 Å². The zero-order valence-corrected chi connectivity index (χ0v) is 15.3. The first-order valence-electron chi connectivity index (χ1n) is 9.20. The van der Waals surface area contributed by atoms with Crippen LogP contribution in [0.5, 0.6) is 0 Å². The molecule has 0 amide bonds. The summed E-state index contributed by atoms with van der Waals surface area (Å²) in [6.45, 7) is 16.8. The molecular formula is C18H38N2O2. The second kappa shape index (κ2) is 12.3. The van der Waals surface area contributed by atoms with Gasteiger partial charge in [0.05, 0.1) is 19.3 Å². The third-order valence-corrected chi connectivity index (χ3v) is 4.02. The lowest BCUT2D eigenvalue weighted by molar-refractivity contribution is -0.0351. The highest BCUT2D eigenvalue weighted by Gasteiger charge is 2.19. The quantitative estimate of drug-likeness (QED) is 0.562. The fraction of sp³-hybridized carbons (Fsp3) is 1.00. The number of unbranched alkanes of at least 4 members (excludes halogenated alkanes) is 1. The van der Waals surface area contributed by atoms with Crippen LogP contribution in [0.25, 0.3) is 0 Å². The Hall–Kier alpha value is -0.160. The van der Waals surface area contributed by atoms with Gasteiger partial charge < -0.3 is 14.8 Å². The van der Waals surface area contributed by atoms with Gasteiger partial charge in [0.2, 0.25) is 0 Å². The Kier molecular flexibility index (Phi) is 11.1. The summed E-state index contributed by atoms with van der Waals surface area (Å²) in [6, 6.07) is 0. The van der Waals surface area contributed by atoms with Crippen LogP contribution in [0.1, 0.15) is 47.0 Å². The first kappa shape index (κ1) is 19.9. The zero-order valence-electron chi connectivity index (χ0n) is 15.3. The lowest BCUT2D eigenvalue weighted by Crippen LogP contribution is -2.47. The topological polar surface area (TPSA) is 33.7 Å². The fourth-order valence-electron chi connectivity index (χ4n) is 2.69. The van der Waals surface area contributed by atoms with E-state index in [1.807, 2.05) is 0 Å². The normalized spacial score (nSPS) is 20.2. The van der Waals surface area contributed by atoms with E-state index in [0.29, 0.717) is 12.0 Å². The van der Waals surface area contributed by atoms with Crippen molar-refractivity contribution in [2.45, 2.75) is 53.1 Å². The van der Waals surface area contributed by atoms with E-state index in [-0.39, 0.29) is 0 Å². The minimum Gasteiger partial charge on any atom is -0.380 e. The summed E-state index contributed by atoms with van der Waals surface area (Å²) in [4.78, 5) is 2.47. The molecule has 1 rings (SSSR count). The molecule has 0 aromatic heterocycles. The van der Waals surface area contributed by atoms with E-state index in [0.717, 1.165) is 58.5 Å². The van der Waals surface area contributed by atoms with E-state index in [1.54, 1.807) is 0 Å².